The molecule has 0 amide bonds. The minimum absolute atomic E-state index is 0.154. The van der Waals surface area contributed by atoms with Crippen LogP contribution in [0.2, 0.25) is 5.02 Å². The molecular formula is C18H23ClN2O2S. The van der Waals surface area contributed by atoms with E-state index in [0.717, 1.165) is 11.1 Å². The molecule has 0 aromatic heterocycles. The zero-order chi connectivity index (χ0) is 17.7. The first kappa shape index (κ1) is 18.9. The normalized spacial score (nSPS) is 12.1. The van der Waals surface area contributed by atoms with Crippen molar-refractivity contribution >= 4 is 21.6 Å². The largest absolute Gasteiger partial charge is 0.316 e. The minimum atomic E-state index is -3.61. The summed E-state index contributed by atoms with van der Waals surface area (Å²) in [7, 11) is -1.81. The van der Waals surface area contributed by atoms with E-state index in [4.69, 9.17) is 11.6 Å². The van der Waals surface area contributed by atoms with Crippen LogP contribution in [0.25, 0.3) is 0 Å². The zero-order valence-electron chi connectivity index (χ0n) is 14.2. The molecule has 0 unspecified atom stereocenters. The molecule has 2 aromatic carbocycles. The topological polar surface area (TPSA) is 49.4 Å². The van der Waals surface area contributed by atoms with E-state index >= 15 is 0 Å². The number of halogens is 1. The van der Waals surface area contributed by atoms with E-state index in [-0.39, 0.29) is 10.9 Å². The van der Waals surface area contributed by atoms with Crippen molar-refractivity contribution in [2.24, 2.45) is 0 Å². The van der Waals surface area contributed by atoms with E-state index in [1.165, 1.54) is 4.31 Å². The number of nitrogens with zero attached hydrogens (tertiary/aromatic N) is 1. The number of benzene rings is 2. The van der Waals surface area contributed by atoms with Crippen molar-refractivity contribution < 1.29 is 8.42 Å². The third-order valence-electron chi connectivity index (χ3n) is 3.75. The van der Waals surface area contributed by atoms with Gasteiger partial charge in [-0.2, -0.15) is 4.31 Å². The van der Waals surface area contributed by atoms with Crippen LogP contribution in [0.3, 0.4) is 0 Å². The van der Waals surface area contributed by atoms with Crippen LogP contribution in [0, 0.1) is 0 Å². The molecule has 1 N–H and O–H groups in total. The van der Waals surface area contributed by atoms with Gasteiger partial charge in [0.1, 0.15) is 0 Å². The minimum Gasteiger partial charge on any atom is -0.316 e. The second kappa shape index (κ2) is 8.12. The highest BCUT2D eigenvalue weighted by Gasteiger charge is 2.27. The van der Waals surface area contributed by atoms with Gasteiger partial charge in [-0.25, -0.2) is 8.42 Å². The van der Waals surface area contributed by atoms with Crippen molar-refractivity contribution in [3.8, 4) is 0 Å². The van der Waals surface area contributed by atoms with Crippen LogP contribution in [0.4, 0.5) is 0 Å². The van der Waals surface area contributed by atoms with Gasteiger partial charge in [0.05, 0.1) is 4.90 Å². The average molecular weight is 367 g/mol. The molecule has 0 spiro atoms. The van der Waals surface area contributed by atoms with E-state index in [2.05, 4.69) is 5.32 Å². The summed E-state index contributed by atoms with van der Waals surface area (Å²) in [4.78, 5) is 0.266. The van der Waals surface area contributed by atoms with Crippen molar-refractivity contribution in [1.29, 1.82) is 0 Å². The summed E-state index contributed by atoms with van der Waals surface area (Å²) < 4.78 is 27.7. The van der Waals surface area contributed by atoms with E-state index < -0.39 is 10.0 Å². The Balaban J connectivity index is 2.40. The zero-order valence-corrected chi connectivity index (χ0v) is 15.7. The van der Waals surface area contributed by atoms with Gasteiger partial charge >= 0.3 is 0 Å². The Labute approximate surface area is 149 Å². The average Bonchev–Trinajstić information content (AvgIpc) is 2.55. The monoisotopic (exact) mass is 366 g/mol. The van der Waals surface area contributed by atoms with Crippen LogP contribution < -0.4 is 5.32 Å². The third-order valence-corrected chi connectivity index (χ3v) is 6.13. The standard InChI is InChI=1S/C18H23ClN2O2S/c1-14(2)21(13-15-7-5-4-6-8-15)24(22,23)17-9-10-18(19)16(11-17)12-20-3/h4-11,14,20H,12-13H2,1-3H3. The molecule has 0 saturated carbocycles. The molecule has 0 radical (unpaired) electrons. The molecule has 0 fully saturated rings. The van der Waals surface area contributed by atoms with Gasteiger partial charge in [-0.3, -0.25) is 0 Å². The van der Waals surface area contributed by atoms with Crippen LogP contribution in [-0.4, -0.2) is 25.8 Å². The Bertz CT molecular complexity index is 777. The highest BCUT2D eigenvalue weighted by molar-refractivity contribution is 7.89. The Morgan fingerprint density at radius 1 is 1.12 bits per heavy atom. The van der Waals surface area contributed by atoms with E-state index in [9.17, 15) is 8.42 Å². The van der Waals surface area contributed by atoms with Crippen LogP contribution in [0.1, 0.15) is 25.0 Å². The predicted octanol–water partition coefficient (Wildman–Crippen LogP) is 3.66. The van der Waals surface area contributed by atoms with Crippen molar-refractivity contribution in [2.75, 3.05) is 7.05 Å². The predicted molar refractivity (Wildman–Crippen MR) is 98.5 cm³/mol. The number of rotatable bonds is 7. The summed E-state index contributed by atoms with van der Waals surface area (Å²) in [5.74, 6) is 0. The van der Waals surface area contributed by atoms with Gasteiger partial charge in [-0.1, -0.05) is 41.9 Å². The first-order chi connectivity index (χ1) is 11.4. The fraction of sp³-hybridized carbons (Fsp3) is 0.333. The van der Waals surface area contributed by atoms with Gasteiger partial charge in [0.15, 0.2) is 0 Å². The number of hydrogen-bond donors (Lipinski definition) is 1. The fourth-order valence-electron chi connectivity index (χ4n) is 2.48. The maximum absolute atomic E-state index is 13.1. The van der Waals surface area contributed by atoms with Crippen LogP contribution in [0.5, 0.6) is 0 Å². The number of nitrogens with one attached hydrogen (secondary N) is 1. The summed E-state index contributed by atoms with van der Waals surface area (Å²) in [6, 6.07) is 14.3. The molecule has 4 nitrogen and oxygen atoms in total. The molecule has 0 saturated heterocycles. The maximum Gasteiger partial charge on any atom is 0.243 e. The van der Waals surface area contributed by atoms with Gasteiger partial charge in [0.25, 0.3) is 0 Å². The molecule has 2 aromatic rings. The lowest BCUT2D eigenvalue weighted by molar-refractivity contribution is 0.348. The lowest BCUT2D eigenvalue weighted by Gasteiger charge is -2.26. The fourth-order valence-corrected chi connectivity index (χ4v) is 4.34. The van der Waals surface area contributed by atoms with E-state index in [1.807, 2.05) is 44.2 Å². The molecule has 130 valence electrons. The summed E-state index contributed by atoms with van der Waals surface area (Å²) in [6.07, 6.45) is 0. The van der Waals surface area contributed by atoms with Gasteiger partial charge in [0.2, 0.25) is 10.0 Å². The SMILES string of the molecule is CNCc1cc(S(=O)(=O)N(Cc2ccccc2)C(C)C)ccc1Cl. The van der Waals surface area contributed by atoms with Gasteiger partial charge in [-0.05, 0) is 50.2 Å². The first-order valence-electron chi connectivity index (χ1n) is 7.85. The lowest BCUT2D eigenvalue weighted by atomic mass is 10.2. The van der Waals surface area contributed by atoms with Crippen molar-refractivity contribution in [1.82, 2.24) is 9.62 Å². The smallest absolute Gasteiger partial charge is 0.243 e. The highest BCUT2D eigenvalue weighted by Crippen LogP contribution is 2.25. The second-order valence-electron chi connectivity index (χ2n) is 5.91. The number of hydrogen-bond acceptors (Lipinski definition) is 3. The molecule has 24 heavy (non-hydrogen) atoms. The van der Waals surface area contributed by atoms with Crippen molar-refractivity contribution in [3.05, 3.63) is 64.7 Å². The van der Waals surface area contributed by atoms with Crippen LogP contribution >= 0.6 is 11.6 Å². The Morgan fingerprint density at radius 2 is 1.79 bits per heavy atom. The molecule has 0 aliphatic heterocycles. The molecule has 0 heterocycles. The number of sulfonamides is 1. The Kier molecular flexibility index (Phi) is 6.40. The summed E-state index contributed by atoms with van der Waals surface area (Å²) >= 11 is 6.15. The summed E-state index contributed by atoms with van der Waals surface area (Å²) in [6.45, 7) is 4.61. The lowest BCUT2D eigenvalue weighted by Crippen LogP contribution is -2.36. The summed E-state index contributed by atoms with van der Waals surface area (Å²) in [5, 5.41) is 3.56. The highest BCUT2D eigenvalue weighted by atomic mass is 35.5. The van der Waals surface area contributed by atoms with Crippen molar-refractivity contribution in [3.63, 3.8) is 0 Å². The molecule has 2 rings (SSSR count). The maximum atomic E-state index is 13.1. The Hall–Kier alpha value is -1.40. The third kappa shape index (κ3) is 4.36. The van der Waals surface area contributed by atoms with Gasteiger partial charge < -0.3 is 5.32 Å². The van der Waals surface area contributed by atoms with E-state index in [1.54, 1.807) is 25.2 Å². The molecule has 6 heteroatoms. The van der Waals surface area contributed by atoms with Crippen molar-refractivity contribution in [2.45, 2.75) is 37.9 Å². The summed E-state index contributed by atoms with van der Waals surface area (Å²) in [5.41, 5.74) is 1.72. The first-order valence-corrected chi connectivity index (χ1v) is 9.67. The molecular weight excluding hydrogens is 344 g/mol. The second-order valence-corrected chi connectivity index (χ2v) is 8.21. The van der Waals surface area contributed by atoms with E-state index in [0.29, 0.717) is 18.1 Å². The molecule has 0 bridgehead atoms. The molecule has 0 aliphatic carbocycles. The van der Waals surface area contributed by atoms with Crippen LogP contribution in [0.15, 0.2) is 53.4 Å². The van der Waals surface area contributed by atoms with Gasteiger partial charge in [-0.15, -0.1) is 0 Å². The van der Waals surface area contributed by atoms with Crippen LogP contribution in [-0.2, 0) is 23.1 Å². The molecule has 0 atom stereocenters. The molecule has 0 aliphatic rings. The quantitative estimate of drug-likeness (QED) is 0.813. The Morgan fingerprint density at radius 3 is 2.38 bits per heavy atom. The van der Waals surface area contributed by atoms with Gasteiger partial charge in [0, 0.05) is 24.2 Å².